The summed E-state index contributed by atoms with van der Waals surface area (Å²) in [7, 11) is 1.93. The zero-order chi connectivity index (χ0) is 14.5. The van der Waals surface area contributed by atoms with Crippen molar-refractivity contribution >= 4 is 11.6 Å². The molecule has 0 unspecified atom stereocenters. The smallest absolute Gasteiger partial charge is 0.230 e. The van der Waals surface area contributed by atoms with Crippen LogP contribution in [-0.2, 0) is 6.54 Å². The lowest BCUT2D eigenvalue weighted by Crippen LogP contribution is -2.21. The summed E-state index contributed by atoms with van der Waals surface area (Å²) in [5.74, 6) is 0.763. The maximum Gasteiger partial charge on any atom is 0.230 e. The maximum atomic E-state index is 4.66. The lowest BCUT2D eigenvalue weighted by Gasteiger charge is -2.23. The standard InChI is InChI=1S/C16H22N4/c1-5-20(15-9-7-6-8-12(15)2)16-18-11-14(10-17-4)13(3)19-16/h6-9,11,17H,5,10H2,1-4H3. The monoisotopic (exact) mass is 270 g/mol. The molecule has 1 heterocycles. The molecule has 0 saturated heterocycles. The van der Waals surface area contributed by atoms with Gasteiger partial charge in [0.25, 0.3) is 0 Å². The number of rotatable bonds is 5. The number of hydrogen-bond acceptors (Lipinski definition) is 4. The first kappa shape index (κ1) is 14.5. The van der Waals surface area contributed by atoms with E-state index in [0.29, 0.717) is 0 Å². The molecule has 4 heteroatoms. The number of aromatic nitrogens is 2. The summed E-state index contributed by atoms with van der Waals surface area (Å²) in [6.07, 6.45) is 1.91. The topological polar surface area (TPSA) is 41.1 Å². The molecule has 0 aliphatic carbocycles. The number of anilines is 2. The molecule has 1 aromatic carbocycles. The Kier molecular flexibility index (Phi) is 4.69. The Morgan fingerprint density at radius 1 is 1.20 bits per heavy atom. The van der Waals surface area contributed by atoms with Gasteiger partial charge in [0.15, 0.2) is 0 Å². The first-order valence-electron chi connectivity index (χ1n) is 6.97. The van der Waals surface area contributed by atoms with E-state index >= 15 is 0 Å². The fraction of sp³-hybridized carbons (Fsp3) is 0.375. The van der Waals surface area contributed by atoms with Crippen LogP contribution in [0.25, 0.3) is 0 Å². The van der Waals surface area contributed by atoms with Gasteiger partial charge in [-0.2, -0.15) is 0 Å². The average Bonchev–Trinajstić information content (AvgIpc) is 2.45. The van der Waals surface area contributed by atoms with Gasteiger partial charge < -0.3 is 10.2 Å². The molecule has 1 N–H and O–H groups in total. The highest BCUT2D eigenvalue weighted by Crippen LogP contribution is 2.25. The molecule has 4 nitrogen and oxygen atoms in total. The molecule has 0 bridgehead atoms. The Morgan fingerprint density at radius 3 is 2.55 bits per heavy atom. The van der Waals surface area contributed by atoms with E-state index in [1.165, 1.54) is 5.56 Å². The summed E-state index contributed by atoms with van der Waals surface area (Å²) in [6.45, 7) is 7.90. The van der Waals surface area contributed by atoms with Crippen LogP contribution in [0, 0.1) is 13.8 Å². The quantitative estimate of drug-likeness (QED) is 0.907. The van der Waals surface area contributed by atoms with Gasteiger partial charge in [0.1, 0.15) is 0 Å². The molecule has 0 aliphatic rings. The van der Waals surface area contributed by atoms with Crippen molar-refractivity contribution in [2.45, 2.75) is 27.3 Å². The van der Waals surface area contributed by atoms with E-state index in [0.717, 1.165) is 36.0 Å². The summed E-state index contributed by atoms with van der Waals surface area (Å²) in [5.41, 5.74) is 4.55. The number of para-hydroxylation sites is 1. The molecule has 0 saturated carbocycles. The molecule has 1 aromatic heterocycles. The van der Waals surface area contributed by atoms with Crippen molar-refractivity contribution in [2.24, 2.45) is 0 Å². The Bertz CT molecular complexity index is 580. The zero-order valence-corrected chi connectivity index (χ0v) is 12.6. The second-order valence-corrected chi connectivity index (χ2v) is 4.84. The van der Waals surface area contributed by atoms with E-state index in [1.807, 2.05) is 26.2 Å². The van der Waals surface area contributed by atoms with E-state index < -0.39 is 0 Å². The minimum Gasteiger partial charge on any atom is -0.316 e. The molecule has 0 atom stereocenters. The highest BCUT2D eigenvalue weighted by molar-refractivity contribution is 5.61. The predicted octanol–water partition coefficient (Wildman–Crippen LogP) is 2.97. The van der Waals surface area contributed by atoms with Gasteiger partial charge in [0, 0.05) is 36.2 Å². The highest BCUT2D eigenvalue weighted by atomic mass is 15.2. The normalized spacial score (nSPS) is 10.6. The van der Waals surface area contributed by atoms with Gasteiger partial charge in [-0.15, -0.1) is 0 Å². The van der Waals surface area contributed by atoms with Crippen LogP contribution in [0.3, 0.4) is 0 Å². The predicted molar refractivity (Wildman–Crippen MR) is 83.4 cm³/mol. The summed E-state index contributed by atoms with van der Waals surface area (Å²) in [4.78, 5) is 11.3. The van der Waals surface area contributed by atoms with Crippen molar-refractivity contribution in [3.63, 3.8) is 0 Å². The number of nitrogens with zero attached hydrogens (tertiary/aromatic N) is 3. The molecular formula is C16H22N4. The average molecular weight is 270 g/mol. The summed E-state index contributed by atoms with van der Waals surface area (Å²) >= 11 is 0. The van der Waals surface area contributed by atoms with E-state index in [4.69, 9.17) is 0 Å². The van der Waals surface area contributed by atoms with E-state index in [2.05, 4.69) is 52.2 Å². The van der Waals surface area contributed by atoms with Crippen molar-refractivity contribution in [3.05, 3.63) is 47.3 Å². The molecule has 20 heavy (non-hydrogen) atoms. The van der Waals surface area contributed by atoms with Crippen molar-refractivity contribution in [1.29, 1.82) is 0 Å². The van der Waals surface area contributed by atoms with Crippen LogP contribution < -0.4 is 10.2 Å². The molecule has 0 fully saturated rings. The first-order chi connectivity index (χ1) is 9.67. The lowest BCUT2D eigenvalue weighted by atomic mass is 10.2. The second-order valence-electron chi connectivity index (χ2n) is 4.84. The SMILES string of the molecule is CCN(c1ncc(CNC)c(C)n1)c1ccccc1C. The zero-order valence-electron chi connectivity index (χ0n) is 12.6. The van der Waals surface area contributed by atoms with Crippen LogP contribution in [-0.4, -0.2) is 23.6 Å². The molecule has 2 aromatic rings. The van der Waals surface area contributed by atoms with Crippen molar-refractivity contribution in [1.82, 2.24) is 15.3 Å². The molecule has 106 valence electrons. The minimum absolute atomic E-state index is 0.763. The summed E-state index contributed by atoms with van der Waals surface area (Å²) in [5, 5.41) is 3.13. The number of aryl methyl sites for hydroxylation is 2. The molecular weight excluding hydrogens is 248 g/mol. The Balaban J connectivity index is 2.38. The van der Waals surface area contributed by atoms with Crippen molar-refractivity contribution < 1.29 is 0 Å². The van der Waals surface area contributed by atoms with Crippen LogP contribution >= 0.6 is 0 Å². The van der Waals surface area contributed by atoms with Gasteiger partial charge in [-0.25, -0.2) is 9.97 Å². The third-order valence-corrected chi connectivity index (χ3v) is 3.40. The molecule has 0 radical (unpaired) electrons. The third-order valence-electron chi connectivity index (χ3n) is 3.40. The van der Waals surface area contributed by atoms with Gasteiger partial charge in [-0.3, -0.25) is 0 Å². The molecule has 0 spiro atoms. The van der Waals surface area contributed by atoms with Crippen molar-refractivity contribution in [2.75, 3.05) is 18.5 Å². The number of nitrogens with one attached hydrogen (secondary N) is 1. The number of benzene rings is 1. The highest BCUT2D eigenvalue weighted by Gasteiger charge is 2.13. The van der Waals surface area contributed by atoms with Gasteiger partial charge in [0.2, 0.25) is 5.95 Å². The van der Waals surface area contributed by atoms with Crippen LogP contribution in [0.1, 0.15) is 23.7 Å². The van der Waals surface area contributed by atoms with Crippen LogP contribution in [0.5, 0.6) is 0 Å². The summed E-state index contributed by atoms with van der Waals surface area (Å²) < 4.78 is 0. The molecule has 0 aliphatic heterocycles. The van der Waals surface area contributed by atoms with E-state index in [9.17, 15) is 0 Å². The molecule has 0 amide bonds. The fourth-order valence-electron chi connectivity index (χ4n) is 2.26. The van der Waals surface area contributed by atoms with Gasteiger partial charge >= 0.3 is 0 Å². The van der Waals surface area contributed by atoms with Gasteiger partial charge in [-0.05, 0) is 39.4 Å². The maximum absolute atomic E-state index is 4.66. The van der Waals surface area contributed by atoms with Gasteiger partial charge in [0.05, 0.1) is 0 Å². The van der Waals surface area contributed by atoms with E-state index in [1.54, 1.807) is 0 Å². The van der Waals surface area contributed by atoms with Crippen LogP contribution in [0.4, 0.5) is 11.6 Å². The lowest BCUT2D eigenvalue weighted by molar-refractivity contribution is 0.792. The second kappa shape index (κ2) is 6.48. The Labute approximate surface area is 120 Å². The van der Waals surface area contributed by atoms with Crippen molar-refractivity contribution in [3.8, 4) is 0 Å². The largest absolute Gasteiger partial charge is 0.316 e. The van der Waals surface area contributed by atoms with Crippen LogP contribution in [0.2, 0.25) is 0 Å². The number of hydrogen-bond donors (Lipinski definition) is 1. The molecule has 2 rings (SSSR count). The van der Waals surface area contributed by atoms with Crippen LogP contribution in [0.15, 0.2) is 30.5 Å². The fourth-order valence-corrected chi connectivity index (χ4v) is 2.26. The Morgan fingerprint density at radius 2 is 1.95 bits per heavy atom. The van der Waals surface area contributed by atoms with E-state index in [-0.39, 0.29) is 0 Å². The first-order valence-corrected chi connectivity index (χ1v) is 6.97. The summed E-state index contributed by atoms with van der Waals surface area (Å²) in [6, 6.07) is 8.32. The Hall–Kier alpha value is -1.94. The van der Waals surface area contributed by atoms with Gasteiger partial charge in [-0.1, -0.05) is 18.2 Å². The third kappa shape index (κ3) is 2.96. The minimum atomic E-state index is 0.763.